The summed E-state index contributed by atoms with van der Waals surface area (Å²) < 4.78 is 12.2. The van der Waals surface area contributed by atoms with Crippen LogP contribution in [0.5, 0.6) is 11.5 Å². The number of carbonyl (C=O) groups excluding carboxylic acids is 1. The lowest BCUT2D eigenvalue weighted by Gasteiger charge is -2.07. The fourth-order valence-electron chi connectivity index (χ4n) is 3.36. The van der Waals surface area contributed by atoms with Gasteiger partial charge < -0.3 is 14.8 Å². The number of fused-ring (bicyclic) bond motifs is 3. The van der Waals surface area contributed by atoms with E-state index in [0.717, 1.165) is 16.7 Å². The summed E-state index contributed by atoms with van der Waals surface area (Å²) in [7, 11) is 3.20. The molecule has 0 radical (unpaired) electrons. The summed E-state index contributed by atoms with van der Waals surface area (Å²) in [6, 6.07) is 13.2. The zero-order valence-corrected chi connectivity index (χ0v) is 17.3. The summed E-state index contributed by atoms with van der Waals surface area (Å²) in [5.41, 5.74) is 3.77. The predicted octanol–water partition coefficient (Wildman–Crippen LogP) is 4.34. The van der Waals surface area contributed by atoms with Crippen molar-refractivity contribution < 1.29 is 14.3 Å². The maximum atomic E-state index is 12.8. The number of nitrogens with one attached hydrogen (secondary N) is 1. The summed E-state index contributed by atoms with van der Waals surface area (Å²) in [5.74, 6) is 2.22. The van der Waals surface area contributed by atoms with E-state index in [1.165, 1.54) is 0 Å². The molecule has 1 N–H and O–H groups in total. The lowest BCUT2D eigenvalue weighted by molar-refractivity contribution is -0.111. The van der Waals surface area contributed by atoms with Gasteiger partial charge in [0.1, 0.15) is 5.70 Å². The van der Waals surface area contributed by atoms with E-state index >= 15 is 0 Å². The molecular formula is C23H22N4O3. The van der Waals surface area contributed by atoms with Crippen LogP contribution in [0.2, 0.25) is 0 Å². The number of para-hydroxylation sites is 1. The molecule has 4 rings (SSSR count). The van der Waals surface area contributed by atoms with E-state index in [4.69, 9.17) is 14.5 Å². The maximum absolute atomic E-state index is 12.8. The molecule has 0 bridgehead atoms. The molecule has 1 aliphatic heterocycles. The van der Waals surface area contributed by atoms with E-state index in [0.29, 0.717) is 34.5 Å². The van der Waals surface area contributed by atoms with Gasteiger partial charge in [0.15, 0.2) is 23.1 Å². The van der Waals surface area contributed by atoms with E-state index in [2.05, 4.69) is 10.4 Å². The van der Waals surface area contributed by atoms with Crippen LogP contribution in [-0.4, -0.2) is 34.9 Å². The molecule has 0 saturated heterocycles. The average molecular weight is 402 g/mol. The van der Waals surface area contributed by atoms with Gasteiger partial charge in [-0.25, -0.2) is 9.67 Å². The summed E-state index contributed by atoms with van der Waals surface area (Å²) in [5, 5.41) is 7.54. The topological polar surface area (TPSA) is 78.3 Å². The Morgan fingerprint density at radius 3 is 2.53 bits per heavy atom. The van der Waals surface area contributed by atoms with Crippen molar-refractivity contribution in [3.8, 4) is 22.9 Å². The van der Waals surface area contributed by atoms with E-state index in [1.807, 2.05) is 68.5 Å². The van der Waals surface area contributed by atoms with Crippen molar-refractivity contribution >= 4 is 29.4 Å². The number of amides is 1. The Morgan fingerprint density at radius 1 is 1.03 bits per heavy atom. The molecule has 1 aromatic heterocycles. The highest BCUT2D eigenvalue weighted by Gasteiger charge is 2.26. The van der Waals surface area contributed by atoms with Gasteiger partial charge in [-0.1, -0.05) is 24.3 Å². The van der Waals surface area contributed by atoms with E-state index < -0.39 is 0 Å². The number of carbonyl (C=O) groups is 1. The van der Waals surface area contributed by atoms with Gasteiger partial charge in [-0.3, -0.25) is 4.79 Å². The second-order valence-corrected chi connectivity index (χ2v) is 7.00. The number of aromatic nitrogens is 3. The molecule has 3 aromatic rings. The molecule has 2 heterocycles. The standard InChI is InChI=1S/C23H22N4O3/c1-14(2)21-23(28)24-17-8-6-5-7-16(17)22-25-20(26-27(21)22)12-10-15-9-11-18(29-3)19(13-15)30-4/h5-13H,1-4H3,(H,24,28)/b12-10+. The molecule has 0 saturated carbocycles. The number of anilines is 1. The molecule has 30 heavy (non-hydrogen) atoms. The van der Waals surface area contributed by atoms with Crippen molar-refractivity contribution in [1.29, 1.82) is 0 Å². The van der Waals surface area contributed by atoms with Crippen LogP contribution in [0.4, 0.5) is 5.69 Å². The van der Waals surface area contributed by atoms with Crippen molar-refractivity contribution in [2.45, 2.75) is 13.8 Å². The van der Waals surface area contributed by atoms with Gasteiger partial charge >= 0.3 is 0 Å². The quantitative estimate of drug-likeness (QED) is 0.657. The molecule has 7 heteroatoms. The third-order valence-corrected chi connectivity index (χ3v) is 4.77. The summed E-state index contributed by atoms with van der Waals surface area (Å²) in [6.07, 6.45) is 3.71. The molecule has 1 aliphatic rings. The van der Waals surface area contributed by atoms with E-state index in [9.17, 15) is 4.79 Å². The Morgan fingerprint density at radius 2 is 1.80 bits per heavy atom. The Kier molecular flexibility index (Phi) is 5.10. The molecule has 152 valence electrons. The highest BCUT2D eigenvalue weighted by atomic mass is 16.5. The minimum atomic E-state index is -0.207. The van der Waals surface area contributed by atoms with Crippen LogP contribution in [0, 0.1) is 0 Å². The van der Waals surface area contributed by atoms with E-state index in [-0.39, 0.29) is 5.91 Å². The first-order chi connectivity index (χ1) is 14.5. The van der Waals surface area contributed by atoms with Crippen molar-refractivity contribution in [1.82, 2.24) is 14.8 Å². The van der Waals surface area contributed by atoms with Crippen molar-refractivity contribution in [3.05, 3.63) is 59.4 Å². The minimum Gasteiger partial charge on any atom is -0.493 e. The molecule has 7 nitrogen and oxygen atoms in total. The molecule has 0 aliphatic carbocycles. The van der Waals surface area contributed by atoms with Crippen LogP contribution in [0.15, 0.2) is 48.0 Å². The second-order valence-electron chi connectivity index (χ2n) is 7.00. The number of methoxy groups -OCH3 is 2. The summed E-state index contributed by atoms with van der Waals surface area (Å²) in [4.78, 5) is 17.5. The van der Waals surface area contributed by atoms with Crippen LogP contribution >= 0.6 is 0 Å². The fraction of sp³-hybridized carbons (Fsp3) is 0.174. The van der Waals surface area contributed by atoms with E-state index in [1.54, 1.807) is 18.9 Å². The van der Waals surface area contributed by atoms with Crippen LogP contribution in [0.3, 0.4) is 0 Å². The minimum absolute atomic E-state index is 0.207. The van der Waals surface area contributed by atoms with Crippen LogP contribution in [0.1, 0.15) is 25.2 Å². The normalized spacial score (nSPS) is 12.8. The fourth-order valence-corrected chi connectivity index (χ4v) is 3.36. The predicted molar refractivity (Wildman–Crippen MR) is 117 cm³/mol. The SMILES string of the molecule is COc1ccc(/C=C/c2nc3n(n2)C(=C(C)C)C(=O)Nc2ccccc2-3)cc1OC. The Labute approximate surface area is 174 Å². The molecule has 0 atom stereocenters. The highest BCUT2D eigenvalue weighted by Crippen LogP contribution is 2.33. The van der Waals surface area contributed by atoms with Crippen LogP contribution < -0.4 is 14.8 Å². The first kappa shape index (κ1) is 19.4. The highest BCUT2D eigenvalue weighted by molar-refractivity contribution is 6.23. The molecule has 0 spiro atoms. The zero-order valence-electron chi connectivity index (χ0n) is 17.3. The third-order valence-electron chi connectivity index (χ3n) is 4.77. The summed E-state index contributed by atoms with van der Waals surface area (Å²) >= 11 is 0. The van der Waals surface area contributed by atoms with Gasteiger partial charge in [-0.15, -0.1) is 5.10 Å². The van der Waals surface area contributed by atoms with Gasteiger partial charge in [-0.05, 0) is 55.3 Å². The smallest absolute Gasteiger partial charge is 0.274 e. The van der Waals surface area contributed by atoms with Gasteiger partial charge in [0.2, 0.25) is 0 Å². The Hall–Kier alpha value is -3.87. The first-order valence-electron chi connectivity index (χ1n) is 9.47. The first-order valence-corrected chi connectivity index (χ1v) is 9.47. The van der Waals surface area contributed by atoms with Gasteiger partial charge in [0, 0.05) is 5.56 Å². The zero-order chi connectivity index (χ0) is 21.3. The number of allylic oxidation sites excluding steroid dienone is 1. The Balaban J connectivity index is 1.78. The number of ether oxygens (including phenoxy) is 2. The number of hydrogen-bond donors (Lipinski definition) is 1. The number of hydrogen-bond acceptors (Lipinski definition) is 5. The molecule has 2 aromatic carbocycles. The van der Waals surface area contributed by atoms with Crippen LogP contribution in [0.25, 0.3) is 29.2 Å². The van der Waals surface area contributed by atoms with Crippen molar-refractivity contribution in [2.75, 3.05) is 19.5 Å². The molecular weight excluding hydrogens is 380 g/mol. The molecule has 1 amide bonds. The Bertz CT molecular complexity index is 1190. The monoisotopic (exact) mass is 402 g/mol. The van der Waals surface area contributed by atoms with Crippen LogP contribution in [-0.2, 0) is 4.79 Å². The second kappa shape index (κ2) is 7.87. The lowest BCUT2D eigenvalue weighted by Crippen LogP contribution is -2.17. The molecule has 0 fully saturated rings. The summed E-state index contributed by atoms with van der Waals surface area (Å²) in [6.45, 7) is 3.77. The lowest BCUT2D eigenvalue weighted by atomic mass is 10.1. The average Bonchev–Trinajstić information content (AvgIpc) is 3.10. The molecule has 0 unspecified atom stereocenters. The van der Waals surface area contributed by atoms with Gasteiger partial charge in [0.05, 0.1) is 19.9 Å². The van der Waals surface area contributed by atoms with Crippen molar-refractivity contribution in [3.63, 3.8) is 0 Å². The maximum Gasteiger partial charge on any atom is 0.274 e. The third kappa shape index (κ3) is 3.45. The van der Waals surface area contributed by atoms with Crippen molar-refractivity contribution in [2.24, 2.45) is 0 Å². The largest absolute Gasteiger partial charge is 0.493 e. The number of nitrogens with zero attached hydrogens (tertiary/aromatic N) is 3. The number of rotatable bonds is 4. The number of benzene rings is 2. The van der Waals surface area contributed by atoms with Gasteiger partial charge in [-0.2, -0.15) is 0 Å². The van der Waals surface area contributed by atoms with Gasteiger partial charge in [0.25, 0.3) is 5.91 Å².